The zero-order chi connectivity index (χ0) is 20.3. The molecule has 0 atom stereocenters. The van der Waals surface area contributed by atoms with Crippen LogP contribution in [0, 0.1) is 5.41 Å². The van der Waals surface area contributed by atoms with Crippen molar-refractivity contribution in [1.82, 2.24) is 24.9 Å². The number of hydrogen-bond donors (Lipinski definition) is 2. The Morgan fingerprint density at radius 3 is 2.63 bits per heavy atom. The van der Waals surface area contributed by atoms with E-state index in [0.29, 0.717) is 22.4 Å². The molecule has 0 unspecified atom stereocenters. The first-order valence-electron chi connectivity index (χ1n) is 10.3. The highest BCUT2D eigenvalue weighted by molar-refractivity contribution is 5.93. The zero-order valence-corrected chi connectivity index (χ0v) is 16.3. The number of carbonyl (C=O) groups is 1. The van der Waals surface area contributed by atoms with Crippen molar-refractivity contribution >= 4 is 22.3 Å². The molecule has 1 amide bonds. The summed E-state index contributed by atoms with van der Waals surface area (Å²) in [5.41, 5.74) is 2.38. The SMILES string of the molecule is O=C(N[C@H]1CC2(C1)C[C@H](c1n[nH]c(=O)c3ccccc31)C2)c1cn2ccccc2n1. The fraction of sp³-hybridized carbons (Fsp3) is 0.304. The molecule has 7 heteroatoms. The molecule has 2 aliphatic rings. The summed E-state index contributed by atoms with van der Waals surface area (Å²) in [5.74, 6) is 0.254. The van der Waals surface area contributed by atoms with Crippen LogP contribution >= 0.6 is 0 Å². The Morgan fingerprint density at radius 2 is 1.83 bits per heavy atom. The van der Waals surface area contributed by atoms with Gasteiger partial charge in [-0.1, -0.05) is 24.3 Å². The number of carbonyl (C=O) groups excluding carboxylic acids is 1. The lowest BCUT2D eigenvalue weighted by molar-refractivity contribution is -0.0197. The quantitative estimate of drug-likeness (QED) is 0.554. The van der Waals surface area contributed by atoms with E-state index in [2.05, 4.69) is 20.5 Å². The fourth-order valence-corrected chi connectivity index (χ4v) is 5.35. The molecule has 4 aromatic rings. The van der Waals surface area contributed by atoms with Gasteiger partial charge in [-0.15, -0.1) is 0 Å². The summed E-state index contributed by atoms with van der Waals surface area (Å²) in [6.45, 7) is 0. The van der Waals surface area contributed by atoms with Crippen LogP contribution in [-0.2, 0) is 0 Å². The van der Waals surface area contributed by atoms with Gasteiger partial charge in [0.1, 0.15) is 11.3 Å². The second-order valence-corrected chi connectivity index (χ2v) is 8.76. The van der Waals surface area contributed by atoms with Crippen LogP contribution in [-0.4, -0.2) is 31.5 Å². The molecule has 1 aromatic carbocycles. The summed E-state index contributed by atoms with van der Waals surface area (Å²) in [6, 6.07) is 13.6. The fourth-order valence-electron chi connectivity index (χ4n) is 5.35. The van der Waals surface area contributed by atoms with Gasteiger partial charge in [0, 0.05) is 29.7 Å². The van der Waals surface area contributed by atoms with Crippen LogP contribution in [0.1, 0.15) is 47.8 Å². The van der Waals surface area contributed by atoms with Crippen molar-refractivity contribution in [1.29, 1.82) is 0 Å². The molecule has 0 saturated heterocycles. The topological polar surface area (TPSA) is 92.1 Å². The van der Waals surface area contributed by atoms with Gasteiger partial charge in [0.25, 0.3) is 11.5 Å². The summed E-state index contributed by atoms with van der Waals surface area (Å²) < 4.78 is 1.86. The van der Waals surface area contributed by atoms with Crippen molar-refractivity contribution in [2.24, 2.45) is 5.41 Å². The Bertz CT molecular complexity index is 1310. The van der Waals surface area contributed by atoms with Gasteiger partial charge in [0.05, 0.1) is 11.1 Å². The molecular weight excluding hydrogens is 378 g/mol. The number of benzene rings is 1. The van der Waals surface area contributed by atoms with Crippen molar-refractivity contribution in [3.63, 3.8) is 0 Å². The van der Waals surface area contributed by atoms with Crippen LogP contribution in [0.2, 0.25) is 0 Å². The van der Waals surface area contributed by atoms with Gasteiger partial charge in [-0.05, 0) is 49.3 Å². The molecule has 3 aromatic heterocycles. The van der Waals surface area contributed by atoms with Crippen molar-refractivity contribution in [2.75, 3.05) is 0 Å². The van der Waals surface area contributed by atoms with Crippen molar-refractivity contribution < 1.29 is 4.79 Å². The third-order valence-corrected chi connectivity index (χ3v) is 6.76. The van der Waals surface area contributed by atoms with E-state index in [-0.39, 0.29) is 17.5 Å². The number of pyridine rings is 1. The molecule has 2 fully saturated rings. The molecule has 1 spiro atoms. The maximum atomic E-state index is 12.6. The van der Waals surface area contributed by atoms with Crippen molar-refractivity contribution in [3.8, 4) is 0 Å². The van der Waals surface area contributed by atoms with E-state index in [9.17, 15) is 9.59 Å². The Balaban J connectivity index is 1.11. The number of nitrogens with one attached hydrogen (secondary N) is 2. The minimum Gasteiger partial charge on any atom is -0.348 e. The Hall–Kier alpha value is -3.48. The van der Waals surface area contributed by atoms with E-state index in [0.717, 1.165) is 42.4 Å². The van der Waals surface area contributed by atoms with Gasteiger partial charge in [-0.2, -0.15) is 5.10 Å². The number of aromatic nitrogens is 4. The lowest BCUT2D eigenvalue weighted by atomic mass is 9.49. The zero-order valence-electron chi connectivity index (χ0n) is 16.3. The summed E-state index contributed by atoms with van der Waals surface area (Å²) in [5, 5.41) is 11.8. The number of fused-ring (bicyclic) bond motifs is 2. The smallest absolute Gasteiger partial charge is 0.272 e. The molecule has 2 aliphatic carbocycles. The number of H-pyrrole nitrogens is 1. The Morgan fingerprint density at radius 1 is 1.07 bits per heavy atom. The molecule has 150 valence electrons. The number of amides is 1. The van der Waals surface area contributed by atoms with E-state index >= 15 is 0 Å². The molecule has 3 heterocycles. The van der Waals surface area contributed by atoms with E-state index in [4.69, 9.17) is 0 Å². The normalized spacial score (nSPS) is 25.2. The second kappa shape index (κ2) is 6.26. The van der Waals surface area contributed by atoms with E-state index in [1.165, 1.54) is 0 Å². The second-order valence-electron chi connectivity index (χ2n) is 8.76. The van der Waals surface area contributed by atoms with Crippen LogP contribution in [0.3, 0.4) is 0 Å². The van der Waals surface area contributed by atoms with Crippen molar-refractivity contribution in [2.45, 2.75) is 37.6 Å². The maximum absolute atomic E-state index is 12.6. The molecule has 0 bridgehead atoms. The average Bonchev–Trinajstić information content (AvgIpc) is 3.14. The molecule has 2 saturated carbocycles. The number of imidazole rings is 1. The van der Waals surface area contributed by atoms with Gasteiger partial charge in [0.15, 0.2) is 0 Å². The summed E-state index contributed by atoms with van der Waals surface area (Å²) in [4.78, 5) is 29.0. The van der Waals surface area contributed by atoms with E-state index < -0.39 is 0 Å². The van der Waals surface area contributed by atoms with Crippen LogP contribution < -0.4 is 10.9 Å². The third kappa shape index (κ3) is 2.65. The lowest BCUT2D eigenvalue weighted by Crippen LogP contribution is -2.55. The summed E-state index contributed by atoms with van der Waals surface area (Å²) in [7, 11) is 0. The number of hydrogen-bond acceptors (Lipinski definition) is 4. The molecule has 0 radical (unpaired) electrons. The highest BCUT2D eigenvalue weighted by atomic mass is 16.2. The third-order valence-electron chi connectivity index (χ3n) is 6.76. The van der Waals surface area contributed by atoms with Gasteiger partial charge in [-0.25, -0.2) is 10.1 Å². The van der Waals surface area contributed by atoms with E-state index in [1.807, 2.05) is 53.1 Å². The number of rotatable bonds is 3. The van der Waals surface area contributed by atoms with Gasteiger partial charge < -0.3 is 9.72 Å². The molecule has 7 nitrogen and oxygen atoms in total. The molecule has 2 N–H and O–H groups in total. The molecule has 0 aliphatic heterocycles. The Kier molecular flexibility index (Phi) is 3.63. The van der Waals surface area contributed by atoms with Crippen LogP contribution in [0.4, 0.5) is 0 Å². The minimum atomic E-state index is -0.137. The molecular formula is C23H21N5O2. The molecule has 30 heavy (non-hydrogen) atoms. The average molecular weight is 399 g/mol. The number of aromatic amines is 1. The number of nitrogens with zero attached hydrogens (tertiary/aromatic N) is 3. The predicted molar refractivity (Wildman–Crippen MR) is 112 cm³/mol. The summed E-state index contributed by atoms with van der Waals surface area (Å²) >= 11 is 0. The van der Waals surface area contributed by atoms with Crippen molar-refractivity contribution in [3.05, 3.63) is 76.6 Å². The van der Waals surface area contributed by atoms with E-state index in [1.54, 1.807) is 6.20 Å². The Labute approximate surface area is 172 Å². The van der Waals surface area contributed by atoms with Crippen LogP contribution in [0.15, 0.2) is 59.7 Å². The van der Waals surface area contributed by atoms with Gasteiger partial charge in [0.2, 0.25) is 0 Å². The highest BCUT2D eigenvalue weighted by Crippen LogP contribution is 2.62. The first-order valence-corrected chi connectivity index (χ1v) is 10.3. The minimum absolute atomic E-state index is 0.109. The first kappa shape index (κ1) is 17.4. The van der Waals surface area contributed by atoms with Gasteiger partial charge >= 0.3 is 0 Å². The first-order chi connectivity index (χ1) is 14.6. The molecule has 6 rings (SSSR count). The monoisotopic (exact) mass is 399 g/mol. The van der Waals surface area contributed by atoms with Crippen LogP contribution in [0.5, 0.6) is 0 Å². The van der Waals surface area contributed by atoms with Gasteiger partial charge in [-0.3, -0.25) is 9.59 Å². The van der Waals surface area contributed by atoms with Crippen LogP contribution in [0.25, 0.3) is 16.4 Å². The standard InChI is InChI=1S/C23H21N5O2/c29-21-17-6-2-1-5-16(17)20(26-27-21)14-9-23(10-14)11-15(12-23)24-22(30)18-13-28-8-4-3-7-19(28)25-18/h1-8,13-15H,9-12H2,(H,24,30)(H,27,29)/t14-,15-,23?. The largest absolute Gasteiger partial charge is 0.348 e. The predicted octanol–water partition coefficient (Wildman–Crippen LogP) is 3.03. The highest BCUT2D eigenvalue weighted by Gasteiger charge is 2.54. The lowest BCUT2D eigenvalue weighted by Gasteiger charge is -2.57. The summed E-state index contributed by atoms with van der Waals surface area (Å²) in [6.07, 6.45) is 7.74. The maximum Gasteiger partial charge on any atom is 0.272 e.